The van der Waals surface area contributed by atoms with Crippen molar-refractivity contribution in [1.82, 2.24) is 14.7 Å². The number of aromatic nitrogens is 2. The van der Waals surface area contributed by atoms with E-state index in [0.29, 0.717) is 37.9 Å². The third-order valence-corrected chi connectivity index (χ3v) is 5.82. The highest BCUT2D eigenvalue weighted by Gasteiger charge is 2.41. The lowest BCUT2D eigenvalue weighted by Crippen LogP contribution is -2.47. The van der Waals surface area contributed by atoms with Gasteiger partial charge in [0.15, 0.2) is 11.5 Å². The average molecular weight is 367 g/mol. The van der Waals surface area contributed by atoms with Gasteiger partial charge in [0.25, 0.3) is 5.91 Å². The summed E-state index contributed by atoms with van der Waals surface area (Å²) in [6.07, 6.45) is 3.80. The molecule has 0 radical (unpaired) electrons. The topological polar surface area (TPSA) is 56.6 Å². The normalized spacial score (nSPS) is 21.7. The van der Waals surface area contributed by atoms with Crippen LogP contribution in [-0.2, 0) is 9.47 Å². The van der Waals surface area contributed by atoms with Gasteiger partial charge in [0, 0.05) is 37.5 Å². The third-order valence-electron chi connectivity index (χ3n) is 5.82. The Labute approximate surface area is 159 Å². The summed E-state index contributed by atoms with van der Waals surface area (Å²) in [5.74, 6) is 0.0669. The Morgan fingerprint density at radius 1 is 1.15 bits per heavy atom. The Kier molecular flexibility index (Phi) is 4.06. The second-order valence-corrected chi connectivity index (χ2v) is 7.88. The van der Waals surface area contributed by atoms with E-state index in [9.17, 15) is 4.79 Å². The van der Waals surface area contributed by atoms with E-state index in [1.807, 2.05) is 21.7 Å². The van der Waals surface area contributed by atoms with Gasteiger partial charge in [-0.2, -0.15) is 5.10 Å². The summed E-state index contributed by atoms with van der Waals surface area (Å²) < 4.78 is 13.5. The fourth-order valence-corrected chi connectivity index (χ4v) is 4.13. The zero-order valence-corrected chi connectivity index (χ0v) is 15.7. The molecule has 6 nitrogen and oxygen atoms in total. The SMILES string of the molecule is Cc1cccc(-n2nc(C(=O)N3CCC4(CC3)OCCO4)cc2C2CC2)c1. The van der Waals surface area contributed by atoms with Gasteiger partial charge >= 0.3 is 0 Å². The Bertz CT molecular complexity index is 855. The lowest BCUT2D eigenvalue weighted by molar-refractivity contribution is -0.181. The van der Waals surface area contributed by atoms with Crippen LogP contribution >= 0.6 is 0 Å². The minimum atomic E-state index is -0.461. The maximum atomic E-state index is 13.1. The van der Waals surface area contributed by atoms with Gasteiger partial charge in [0.2, 0.25) is 0 Å². The molecule has 0 N–H and O–H groups in total. The lowest BCUT2D eigenvalue weighted by atomic mass is 10.0. The molecule has 1 aromatic carbocycles. The second-order valence-electron chi connectivity index (χ2n) is 7.88. The fourth-order valence-electron chi connectivity index (χ4n) is 4.13. The van der Waals surface area contributed by atoms with Gasteiger partial charge in [-0.1, -0.05) is 12.1 Å². The van der Waals surface area contributed by atoms with Crippen LogP contribution in [0.25, 0.3) is 5.69 Å². The fraction of sp³-hybridized carbons (Fsp3) is 0.524. The number of rotatable bonds is 3. The van der Waals surface area contributed by atoms with E-state index in [2.05, 4.69) is 25.1 Å². The number of ether oxygens (including phenoxy) is 2. The van der Waals surface area contributed by atoms with Crippen molar-refractivity contribution in [2.45, 2.75) is 44.3 Å². The number of nitrogens with zero attached hydrogens (tertiary/aromatic N) is 3. The molecule has 2 aromatic rings. The van der Waals surface area contributed by atoms with E-state index in [1.54, 1.807) is 0 Å². The van der Waals surface area contributed by atoms with Crippen LogP contribution in [0.3, 0.4) is 0 Å². The van der Waals surface area contributed by atoms with Gasteiger partial charge in [0.05, 0.1) is 18.9 Å². The van der Waals surface area contributed by atoms with E-state index in [4.69, 9.17) is 14.6 Å². The zero-order valence-electron chi connectivity index (χ0n) is 15.7. The highest BCUT2D eigenvalue weighted by Crippen LogP contribution is 2.41. The highest BCUT2D eigenvalue weighted by molar-refractivity contribution is 5.92. The molecule has 3 fully saturated rings. The molecule has 2 saturated heterocycles. The van der Waals surface area contributed by atoms with Crippen molar-refractivity contribution in [2.75, 3.05) is 26.3 Å². The molecule has 1 aromatic heterocycles. The summed E-state index contributed by atoms with van der Waals surface area (Å²) in [6, 6.07) is 10.3. The van der Waals surface area contributed by atoms with Gasteiger partial charge in [-0.25, -0.2) is 4.68 Å². The Morgan fingerprint density at radius 3 is 2.56 bits per heavy atom. The molecule has 0 unspecified atom stereocenters. The lowest BCUT2D eigenvalue weighted by Gasteiger charge is -2.37. The third kappa shape index (κ3) is 3.17. The van der Waals surface area contributed by atoms with Crippen LogP contribution in [0, 0.1) is 6.92 Å². The first-order valence-electron chi connectivity index (χ1n) is 9.88. The van der Waals surface area contributed by atoms with Gasteiger partial charge in [-0.05, 0) is 43.5 Å². The molecule has 1 amide bonds. The minimum Gasteiger partial charge on any atom is -0.347 e. The van der Waals surface area contributed by atoms with Crippen LogP contribution in [0.15, 0.2) is 30.3 Å². The molecule has 3 aliphatic rings. The van der Waals surface area contributed by atoms with Crippen molar-refractivity contribution in [3.05, 3.63) is 47.3 Å². The van der Waals surface area contributed by atoms with Crippen LogP contribution in [0.5, 0.6) is 0 Å². The van der Waals surface area contributed by atoms with Gasteiger partial charge in [0.1, 0.15) is 0 Å². The number of aryl methyl sites for hydroxylation is 1. The van der Waals surface area contributed by atoms with Crippen molar-refractivity contribution in [1.29, 1.82) is 0 Å². The first-order chi connectivity index (χ1) is 13.1. The Balaban J connectivity index is 1.39. The highest BCUT2D eigenvalue weighted by atomic mass is 16.7. The number of benzene rings is 1. The molecule has 27 heavy (non-hydrogen) atoms. The number of carbonyl (C=O) groups excluding carboxylic acids is 1. The van der Waals surface area contributed by atoms with Gasteiger partial charge < -0.3 is 14.4 Å². The van der Waals surface area contributed by atoms with Gasteiger partial charge in [-0.3, -0.25) is 4.79 Å². The number of hydrogen-bond acceptors (Lipinski definition) is 4. The summed E-state index contributed by atoms with van der Waals surface area (Å²) in [7, 11) is 0. The van der Waals surface area contributed by atoms with E-state index < -0.39 is 5.79 Å². The molecule has 2 aliphatic heterocycles. The maximum Gasteiger partial charge on any atom is 0.274 e. The van der Waals surface area contributed by atoms with Gasteiger partial charge in [-0.15, -0.1) is 0 Å². The van der Waals surface area contributed by atoms with E-state index in [0.717, 1.165) is 24.2 Å². The standard InChI is InChI=1S/C21H25N3O3/c1-15-3-2-4-17(13-15)24-19(16-5-6-16)14-18(22-24)20(25)23-9-7-21(8-10-23)26-11-12-27-21/h2-4,13-14,16H,5-12H2,1H3. The second kappa shape index (κ2) is 6.46. The molecule has 1 saturated carbocycles. The van der Waals surface area contributed by atoms with E-state index in [-0.39, 0.29) is 5.91 Å². The molecule has 142 valence electrons. The summed E-state index contributed by atoms with van der Waals surface area (Å²) in [5, 5.41) is 4.71. The first kappa shape index (κ1) is 17.0. The zero-order chi connectivity index (χ0) is 18.4. The van der Waals surface area contributed by atoms with Crippen LogP contribution < -0.4 is 0 Å². The largest absolute Gasteiger partial charge is 0.347 e. The summed E-state index contributed by atoms with van der Waals surface area (Å²) in [5.41, 5.74) is 3.92. The summed E-state index contributed by atoms with van der Waals surface area (Å²) >= 11 is 0. The van der Waals surface area contributed by atoms with Crippen LogP contribution in [0.1, 0.15) is 53.3 Å². The van der Waals surface area contributed by atoms with Crippen molar-refractivity contribution in [2.24, 2.45) is 0 Å². The average Bonchev–Trinajstić information content (AvgIpc) is 3.27. The number of hydrogen-bond donors (Lipinski definition) is 0. The quantitative estimate of drug-likeness (QED) is 0.837. The Morgan fingerprint density at radius 2 is 1.89 bits per heavy atom. The number of amides is 1. The molecule has 1 aliphatic carbocycles. The summed E-state index contributed by atoms with van der Waals surface area (Å²) in [4.78, 5) is 15.0. The van der Waals surface area contributed by atoms with Crippen LogP contribution in [0.4, 0.5) is 0 Å². The number of likely N-dealkylation sites (tertiary alicyclic amines) is 1. The molecule has 6 heteroatoms. The molecular weight excluding hydrogens is 342 g/mol. The monoisotopic (exact) mass is 367 g/mol. The molecular formula is C21H25N3O3. The van der Waals surface area contributed by atoms with E-state index in [1.165, 1.54) is 18.4 Å². The smallest absolute Gasteiger partial charge is 0.274 e. The molecule has 0 bridgehead atoms. The molecule has 3 heterocycles. The number of carbonyl (C=O) groups is 1. The first-order valence-corrected chi connectivity index (χ1v) is 9.88. The Hall–Kier alpha value is -2.18. The summed E-state index contributed by atoms with van der Waals surface area (Å²) in [6.45, 7) is 4.68. The molecule has 5 rings (SSSR count). The van der Waals surface area contributed by atoms with Crippen LogP contribution in [-0.4, -0.2) is 52.7 Å². The maximum absolute atomic E-state index is 13.1. The predicted molar refractivity (Wildman–Crippen MR) is 100 cm³/mol. The molecule has 0 atom stereocenters. The number of piperidine rings is 1. The van der Waals surface area contributed by atoms with E-state index >= 15 is 0 Å². The van der Waals surface area contributed by atoms with Crippen molar-refractivity contribution in [3.63, 3.8) is 0 Å². The molecule has 1 spiro atoms. The van der Waals surface area contributed by atoms with Crippen molar-refractivity contribution >= 4 is 5.91 Å². The minimum absolute atomic E-state index is 0.0103. The van der Waals surface area contributed by atoms with Crippen LogP contribution in [0.2, 0.25) is 0 Å². The van der Waals surface area contributed by atoms with Crippen molar-refractivity contribution in [3.8, 4) is 5.69 Å². The predicted octanol–water partition coefficient (Wildman–Crippen LogP) is 3.04. The van der Waals surface area contributed by atoms with Crippen molar-refractivity contribution < 1.29 is 14.3 Å².